The molecule has 0 unspecified atom stereocenters. The topological polar surface area (TPSA) is 72.8 Å². The van der Waals surface area contributed by atoms with E-state index in [1.807, 2.05) is 12.1 Å². The lowest BCUT2D eigenvalue weighted by Crippen LogP contribution is -2.52. The van der Waals surface area contributed by atoms with E-state index in [9.17, 15) is 35.5 Å². The van der Waals surface area contributed by atoms with Gasteiger partial charge in [0.2, 0.25) is 0 Å². The number of fused-ring (bicyclic) bond motifs is 5. The summed E-state index contributed by atoms with van der Waals surface area (Å²) in [5, 5.41) is 11.7. The average Bonchev–Trinajstić information content (AvgIpc) is 3.70. The summed E-state index contributed by atoms with van der Waals surface area (Å²) >= 11 is 0. The molecule has 6 rings (SSSR count). The van der Waals surface area contributed by atoms with Gasteiger partial charge in [-0.1, -0.05) is 31.0 Å². The van der Waals surface area contributed by atoms with Gasteiger partial charge in [0.05, 0.1) is 24.2 Å². The van der Waals surface area contributed by atoms with Crippen LogP contribution in [0.1, 0.15) is 119 Å². The van der Waals surface area contributed by atoms with Crippen LogP contribution in [0.2, 0.25) is 0 Å². The van der Waals surface area contributed by atoms with Crippen molar-refractivity contribution in [1.82, 2.24) is 0 Å². The molecule has 0 spiro atoms. The van der Waals surface area contributed by atoms with Gasteiger partial charge in [0, 0.05) is 11.8 Å². The largest absolute Gasteiger partial charge is 0.494 e. The van der Waals surface area contributed by atoms with Gasteiger partial charge in [-0.15, -0.1) is 6.42 Å². The first-order valence-electron chi connectivity index (χ1n) is 18.9. The van der Waals surface area contributed by atoms with Crippen molar-refractivity contribution in [2.24, 2.45) is 17.3 Å². The zero-order chi connectivity index (χ0) is 37.4. The predicted octanol–water partition coefficient (Wildman–Crippen LogP) is 9.56. The van der Waals surface area contributed by atoms with E-state index in [1.165, 1.54) is 29.5 Å². The Bertz CT molecular complexity index is 1700. The summed E-state index contributed by atoms with van der Waals surface area (Å²) in [5.41, 5.74) is 2.34. The molecule has 0 saturated heterocycles. The Hall–Kier alpha value is -2.84. The maximum Gasteiger partial charge on any atom is 0.453 e. The van der Waals surface area contributed by atoms with Gasteiger partial charge >= 0.3 is 12.1 Å². The Kier molecular flexibility index (Phi) is 11.3. The van der Waals surface area contributed by atoms with Gasteiger partial charge in [-0.05, 0) is 148 Å². The Morgan fingerprint density at radius 2 is 1.62 bits per heavy atom. The number of hydrogen-bond acceptors (Lipinski definition) is 5. The summed E-state index contributed by atoms with van der Waals surface area (Å²) in [6.45, 7) is 2.54. The Morgan fingerprint density at radius 3 is 2.31 bits per heavy atom. The van der Waals surface area contributed by atoms with Crippen LogP contribution in [0.5, 0.6) is 11.5 Å². The standard InChI is InChI=1S/C41H51F5O5S/c1-3-39(47)22-20-36-34-18-14-29-26-32(51-31-10-5-6-11-31)17-19-33(29)37(34)35(27-38(36,39)2)28-12-15-30(16-13-28)50-23-7-4-8-24-52(48,49)25-9-21-40(42,43)41(44,45)46/h1,12-13,15-17,19,26,31,34-37,47H,4-11,14,18,20-25,27H2,2H3/t34-,35+,36-,37+,38-,39-/m0/s1. The van der Waals surface area contributed by atoms with E-state index in [2.05, 4.69) is 43.2 Å². The molecule has 52 heavy (non-hydrogen) atoms. The van der Waals surface area contributed by atoms with Crippen LogP contribution in [0.4, 0.5) is 22.0 Å². The second kappa shape index (κ2) is 15.1. The number of aryl methyl sites for hydroxylation is 1. The van der Waals surface area contributed by atoms with Crippen LogP contribution in [0.15, 0.2) is 42.5 Å². The van der Waals surface area contributed by atoms with Crippen LogP contribution in [-0.2, 0) is 16.3 Å². The van der Waals surface area contributed by atoms with Crippen LogP contribution >= 0.6 is 0 Å². The van der Waals surface area contributed by atoms with Crippen molar-refractivity contribution >= 4 is 9.84 Å². The molecule has 0 radical (unpaired) electrons. The molecule has 286 valence electrons. The first kappa shape index (κ1) is 38.9. The number of alkyl halides is 5. The number of ether oxygens (including phenoxy) is 2. The van der Waals surface area contributed by atoms with Crippen LogP contribution in [0.3, 0.4) is 0 Å². The van der Waals surface area contributed by atoms with E-state index in [-0.39, 0.29) is 24.0 Å². The van der Waals surface area contributed by atoms with E-state index < -0.39 is 51.5 Å². The quantitative estimate of drug-likeness (QED) is 0.118. The summed E-state index contributed by atoms with van der Waals surface area (Å²) in [7, 11) is -3.73. The molecule has 1 N–H and O–H groups in total. The third-order valence-electron chi connectivity index (χ3n) is 12.7. The van der Waals surface area contributed by atoms with E-state index in [0.29, 0.717) is 49.6 Å². The van der Waals surface area contributed by atoms with Crippen molar-refractivity contribution < 1.29 is 45.0 Å². The summed E-state index contributed by atoms with van der Waals surface area (Å²) in [6, 6.07) is 14.8. The molecule has 4 aliphatic rings. The minimum absolute atomic E-state index is 0.139. The minimum Gasteiger partial charge on any atom is -0.494 e. The molecule has 0 aromatic heterocycles. The molecule has 2 aromatic carbocycles. The number of aliphatic hydroxyl groups is 1. The minimum atomic E-state index is -5.68. The fraction of sp³-hybridized carbons (Fsp3) is 0.659. The number of halogens is 5. The summed E-state index contributed by atoms with van der Waals surface area (Å²) in [4.78, 5) is 0. The number of rotatable bonds is 14. The second-order valence-corrected chi connectivity index (χ2v) is 18.2. The maximum absolute atomic E-state index is 13.1. The van der Waals surface area contributed by atoms with Crippen molar-refractivity contribution in [3.05, 3.63) is 59.2 Å². The van der Waals surface area contributed by atoms with Gasteiger partial charge in [0.1, 0.15) is 26.9 Å². The Balaban J connectivity index is 1.07. The zero-order valence-corrected chi connectivity index (χ0v) is 30.7. The van der Waals surface area contributed by atoms with E-state index in [4.69, 9.17) is 15.9 Å². The fourth-order valence-electron chi connectivity index (χ4n) is 9.88. The van der Waals surface area contributed by atoms with Gasteiger partial charge in [-0.3, -0.25) is 0 Å². The van der Waals surface area contributed by atoms with E-state index in [1.54, 1.807) is 0 Å². The summed E-state index contributed by atoms with van der Waals surface area (Å²) < 4.78 is 99.9. The van der Waals surface area contributed by atoms with Crippen molar-refractivity contribution in [3.63, 3.8) is 0 Å². The van der Waals surface area contributed by atoms with Crippen LogP contribution in [0.25, 0.3) is 0 Å². The van der Waals surface area contributed by atoms with Crippen molar-refractivity contribution in [3.8, 4) is 23.8 Å². The zero-order valence-electron chi connectivity index (χ0n) is 29.9. The number of terminal acetylenes is 1. The van der Waals surface area contributed by atoms with Crippen LogP contribution in [-0.4, -0.2) is 55.4 Å². The van der Waals surface area contributed by atoms with Gasteiger partial charge in [0.25, 0.3) is 0 Å². The molecule has 3 saturated carbocycles. The smallest absolute Gasteiger partial charge is 0.453 e. The molecule has 6 atom stereocenters. The van der Waals surface area contributed by atoms with Crippen molar-refractivity contribution in [1.29, 1.82) is 0 Å². The van der Waals surface area contributed by atoms with Crippen LogP contribution in [0, 0.1) is 29.6 Å². The van der Waals surface area contributed by atoms with Gasteiger partial charge in [0.15, 0.2) is 0 Å². The molecule has 0 bridgehead atoms. The molecular formula is C41H51F5O5S. The van der Waals surface area contributed by atoms with E-state index in [0.717, 1.165) is 44.3 Å². The maximum atomic E-state index is 13.1. The highest BCUT2D eigenvalue weighted by Crippen LogP contribution is 2.67. The predicted molar refractivity (Wildman–Crippen MR) is 191 cm³/mol. The highest BCUT2D eigenvalue weighted by atomic mass is 32.2. The molecular weight excluding hydrogens is 700 g/mol. The van der Waals surface area contributed by atoms with Crippen molar-refractivity contribution in [2.75, 3.05) is 18.1 Å². The number of unbranched alkanes of at least 4 members (excludes halogenated alkanes) is 2. The first-order valence-corrected chi connectivity index (χ1v) is 20.8. The van der Waals surface area contributed by atoms with E-state index >= 15 is 0 Å². The second-order valence-electron chi connectivity index (χ2n) is 15.9. The molecule has 2 aromatic rings. The number of benzene rings is 2. The Labute approximate surface area is 305 Å². The fourth-order valence-corrected chi connectivity index (χ4v) is 11.3. The Morgan fingerprint density at radius 1 is 0.923 bits per heavy atom. The summed E-state index contributed by atoms with van der Waals surface area (Å²) in [5.74, 6) is -0.282. The average molecular weight is 751 g/mol. The lowest BCUT2D eigenvalue weighted by atomic mass is 9.49. The molecule has 4 aliphatic carbocycles. The third-order valence-corrected chi connectivity index (χ3v) is 14.6. The molecule has 5 nitrogen and oxygen atoms in total. The molecule has 0 heterocycles. The van der Waals surface area contributed by atoms with Gasteiger partial charge < -0.3 is 14.6 Å². The highest BCUT2D eigenvalue weighted by molar-refractivity contribution is 7.91. The van der Waals surface area contributed by atoms with Gasteiger partial charge in [-0.2, -0.15) is 22.0 Å². The number of hydrogen-bond donors (Lipinski definition) is 1. The SMILES string of the molecule is C#C[C@]1(O)CC[C@H]2[C@@H]3CCc4cc(OC5CCCC5)ccc4[C@H]3[C@@H](c3ccc(OCCCCCS(=O)(=O)CCCC(F)(F)C(F)(F)F)cc3)C[C@@]21C. The highest BCUT2D eigenvalue weighted by Gasteiger charge is 2.63. The van der Waals surface area contributed by atoms with Gasteiger partial charge in [-0.25, -0.2) is 8.42 Å². The number of sulfone groups is 1. The lowest BCUT2D eigenvalue weighted by molar-refractivity contribution is -0.284. The van der Waals surface area contributed by atoms with Crippen molar-refractivity contribution in [2.45, 2.75) is 132 Å². The lowest BCUT2D eigenvalue weighted by Gasteiger charge is -2.55. The normalized spacial score (nSPS) is 29.2. The molecule has 0 aliphatic heterocycles. The van der Waals surface area contributed by atoms with Crippen LogP contribution < -0.4 is 9.47 Å². The third kappa shape index (κ3) is 7.99. The summed E-state index contributed by atoms with van der Waals surface area (Å²) in [6.07, 6.45) is 8.66. The monoisotopic (exact) mass is 750 g/mol. The molecule has 3 fully saturated rings. The molecule has 11 heteroatoms. The first-order chi connectivity index (χ1) is 24.6. The molecule has 0 amide bonds.